The predicted octanol–water partition coefficient (Wildman–Crippen LogP) is 1.69. The summed E-state index contributed by atoms with van der Waals surface area (Å²) in [7, 11) is 0. The van der Waals surface area contributed by atoms with Crippen LogP contribution in [0.2, 0.25) is 0 Å². The van der Waals surface area contributed by atoms with Gasteiger partial charge < -0.3 is 9.47 Å². The van der Waals surface area contributed by atoms with Gasteiger partial charge in [-0.05, 0) is 12.1 Å². The molecule has 0 radical (unpaired) electrons. The summed E-state index contributed by atoms with van der Waals surface area (Å²) in [6.07, 6.45) is 0.719. The number of rotatable bonds is 6. The Morgan fingerprint density at radius 3 is 3.12 bits per heavy atom. The lowest BCUT2D eigenvalue weighted by Crippen LogP contribution is -2.40. The lowest BCUT2D eigenvalue weighted by Gasteiger charge is -2.31. The first-order chi connectivity index (χ1) is 11.8. The lowest BCUT2D eigenvalue weighted by molar-refractivity contribution is -0.0370. The Labute approximate surface area is 141 Å². The maximum absolute atomic E-state index is 9.08. The third-order valence-corrected chi connectivity index (χ3v) is 4.00. The molecule has 0 aliphatic carbocycles. The van der Waals surface area contributed by atoms with Crippen LogP contribution in [0.1, 0.15) is 30.2 Å². The molecule has 126 valence electrons. The van der Waals surface area contributed by atoms with Gasteiger partial charge in [-0.3, -0.25) is 10.00 Å². The number of H-pyrrole nitrogens is 1. The zero-order chi connectivity index (χ0) is 16.8. The topological polar surface area (TPSA) is 87.1 Å². The van der Waals surface area contributed by atoms with E-state index in [0.29, 0.717) is 30.4 Å². The highest BCUT2D eigenvalue weighted by atomic mass is 16.5. The van der Waals surface area contributed by atoms with Gasteiger partial charge in [0.1, 0.15) is 30.4 Å². The van der Waals surface area contributed by atoms with Crippen molar-refractivity contribution in [2.24, 2.45) is 0 Å². The van der Waals surface area contributed by atoms with Crippen LogP contribution in [-0.2, 0) is 11.2 Å². The van der Waals surface area contributed by atoms with Gasteiger partial charge in [-0.25, -0.2) is 4.98 Å². The van der Waals surface area contributed by atoms with Gasteiger partial charge in [-0.15, -0.1) is 0 Å². The van der Waals surface area contributed by atoms with E-state index in [1.54, 1.807) is 6.07 Å². The van der Waals surface area contributed by atoms with Crippen molar-refractivity contribution in [3.05, 3.63) is 41.5 Å². The molecule has 1 saturated heterocycles. The quantitative estimate of drug-likeness (QED) is 0.869. The SMILES string of the molecule is CCc1nc(C2CN(CCOc3ccccc3C#N)CCO2)n[nH]1. The third kappa shape index (κ3) is 3.91. The molecular formula is C17H21N5O2. The number of morpholine rings is 1. The first kappa shape index (κ1) is 16.4. The standard InChI is InChI=1S/C17H21N5O2/c1-2-16-19-17(21-20-16)15-12-22(8-10-24-15)7-9-23-14-6-4-3-5-13(14)11-18/h3-6,15H,2,7-10,12H2,1H3,(H,19,20,21). The van der Waals surface area contributed by atoms with Crippen LogP contribution in [0, 0.1) is 11.3 Å². The molecule has 2 heterocycles. The van der Waals surface area contributed by atoms with E-state index in [-0.39, 0.29) is 6.10 Å². The molecule has 0 amide bonds. The fourth-order valence-electron chi connectivity index (χ4n) is 2.64. The number of aromatic nitrogens is 3. The van der Waals surface area contributed by atoms with E-state index in [9.17, 15) is 0 Å². The molecule has 1 aromatic carbocycles. The monoisotopic (exact) mass is 327 g/mol. The van der Waals surface area contributed by atoms with Gasteiger partial charge in [0, 0.05) is 26.1 Å². The van der Waals surface area contributed by atoms with E-state index < -0.39 is 0 Å². The molecule has 7 nitrogen and oxygen atoms in total. The Bertz CT molecular complexity index is 709. The largest absolute Gasteiger partial charge is 0.491 e. The van der Waals surface area contributed by atoms with Crippen molar-refractivity contribution in [3.8, 4) is 11.8 Å². The van der Waals surface area contributed by atoms with E-state index >= 15 is 0 Å². The average Bonchev–Trinajstić information content (AvgIpc) is 3.12. The van der Waals surface area contributed by atoms with Gasteiger partial charge in [-0.2, -0.15) is 10.4 Å². The number of benzene rings is 1. The average molecular weight is 327 g/mol. The summed E-state index contributed by atoms with van der Waals surface area (Å²) < 4.78 is 11.5. The van der Waals surface area contributed by atoms with Gasteiger partial charge in [0.05, 0.1) is 12.2 Å². The second kappa shape index (κ2) is 7.90. The van der Waals surface area contributed by atoms with Crippen LogP contribution in [0.25, 0.3) is 0 Å². The van der Waals surface area contributed by atoms with E-state index in [1.807, 2.05) is 25.1 Å². The van der Waals surface area contributed by atoms with E-state index in [0.717, 1.165) is 31.9 Å². The van der Waals surface area contributed by atoms with Crippen molar-refractivity contribution in [1.29, 1.82) is 5.26 Å². The molecular weight excluding hydrogens is 306 g/mol. The Balaban J connectivity index is 1.51. The highest BCUT2D eigenvalue weighted by Gasteiger charge is 2.25. The molecule has 0 saturated carbocycles. The number of ether oxygens (including phenoxy) is 2. The molecule has 0 bridgehead atoms. The highest BCUT2D eigenvalue weighted by Crippen LogP contribution is 2.20. The molecule has 24 heavy (non-hydrogen) atoms. The number of aryl methyl sites for hydroxylation is 1. The van der Waals surface area contributed by atoms with Crippen molar-refractivity contribution in [3.63, 3.8) is 0 Å². The van der Waals surface area contributed by atoms with Gasteiger partial charge in [0.2, 0.25) is 0 Å². The smallest absolute Gasteiger partial charge is 0.180 e. The Morgan fingerprint density at radius 2 is 2.33 bits per heavy atom. The summed E-state index contributed by atoms with van der Waals surface area (Å²) in [6, 6.07) is 9.42. The van der Waals surface area contributed by atoms with Crippen molar-refractivity contribution in [2.75, 3.05) is 32.8 Å². The van der Waals surface area contributed by atoms with Crippen molar-refractivity contribution in [1.82, 2.24) is 20.1 Å². The van der Waals surface area contributed by atoms with Gasteiger partial charge in [0.15, 0.2) is 5.82 Å². The zero-order valence-corrected chi connectivity index (χ0v) is 13.7. The van der Waals surface area contributed by atoms with Crippen molar-refractivity contribution in [2.45, 2.75) is 19.4 Å². The number of hydrogen-bond acceptors (Lipinski definition) is 6. The summed E-state index contributed by atoms with van der Waals surface area (Å²) in [5.41, 5.74) is 0.560. The molecule has 3 rings (SSSR count). The van der Waals surface area contributed by atoms with E-state index in [4.69, 9.17) is 14.7 Å². The van der Waals surface area contributed by atoms with Crippen LogP contribution < -0.4 is 4.74 Å². The van der Waals surface area contributed by atoms with Crippen LogP contribution >= 0.6 is 0 Å². The summed E-state index contributed by atoms with van der Waals surface area (Å²) >= 11 is 0. The number of aromatic amines is 1. The third-order valence-electron chi connectivity index (χ3n) is 4.00. The number of para-hydroxylation sites is 1. The van der Waals surface area contributed by atoms with Crippen molar-refractivity contribution < 1.29 is 9.47 Å². The number of nitriles is 1. The Hall–Kier alpha value is -2.43. The van der Waals surface area contributed by atoms with E-state index in [1.165, 1.54) is 0 Å². The summed E-state index contributed by atoms with van der Waals surface area (Å²) in [6.45, 7) is 5.57. The molecule has 1 atom stereocenters. The maximum Gasteiger partial charge on any atom is 0.180 e. The molecule has 1 N–H and O–H groups in total. The first-order valence-corrected chi connectivity index (χ1v) is 8.17. The fraction of sp³-hybridized carbons (Fsp3) is 0.471. The highest BCUT2D eigenvalue weighted by molar-refractivity contribution is 5.42. The number of nitrogens with zero attached hydrogens (tertiary/aromatic N) is 4. The predicted molar refractivity (Wildman–Crippen MR) is 87.5 cm³/mol. The van der Waals surface area contributed by atoms with Crippen LogP contribution in [0.4, 0.5) is 0 Å². The first-order valence-electron chi connectivity index (χ1n) is 8.17. The Kier molecular flexibility index (Phi) is 5.41. The molecule has 0 spiro atoms. The molecule has 7 heteroatoms. The van der Waals surface area contributed by atoms with Crippen molar-refractivity contribution >= 4 is 0 Å². The normalized spacial score (nSPS) is 18.2. The maximum atomic E-state index is 9.08. The van der Waals surface area contributed by atoms with Crippen LogP contribution in [0.15, 0.2) is 24.3 Å². The van der Waals surface area contributed by atoms with Gasteiger partial charge in [-0.1, -0.05) is 19.1 Å². The lowest BCUT2D eigenvalue weighted by atomic mass is 10.2. The second-order valence-corrected chi connectivity index (χ2v) is 5.61. The van der Waals surface area contributed by atoms with Gasteiger partial charge in [0.25, 0.3) is 0 Å². The molecule has 1 aliphatic rings. The van der Waals surface area contributed by atoms with Crippen LogP contribution in [0.5, 0.6) is 5.75 Å². The minimum Gasteiger partial charge on any atom is -0.491 e. The summed E-state index contributed by atoms with van der Waals surface area (Å²) in [5, 5.41) is 16.2. The second-order valence-electron chi connectivity index (χ2n) is 5.61. The van der Waals surface area contributed by atoms with Crippen LogP contribution in [-0.4, -0.2) is 52.9 Å². The summed E-state index contributed by atoms with van der Waals surface area (Å²) in [4.78, 5) is 6.72. The van der Waals surface area contributed by atoms with Crippen LogP contribution in [0.3, 0.4) is 0 Å². The zero-order valence-electron chi connectivity index (χ0n) is 13.7. The minimum absolute atomic E-state index is 0.110. The molecule has 1 fully saturated rings. The molecule has 2 aromatic rings. The molecule has 1 unspecified atom stereocenters. The number of nitrogens with one attached hydrogen (secondary N) is 1. The minimum atomic E-state index is -0.110. The number of hydrogen-bond donors (Lipinski definition) is 1. The molecule has 1 aliphatic heterocycles. The summed E-state index contributed by atoms with van der Waals surface area (Å²) in [5.74, 6) is 2.22. The van der Waals surface area contributed by atoms with E-state index in [2.05, 4.69) is 26.2 Å². The Morgan fingerprint density at radius 1 is 1.46 bits per heavy atom. The molecule has 1 aromatic heterocycles. The van der Waals surface area contributed by atoms with Gasteiger partial charge >= 0.3 is 0 Å². The fourth-order valence-corrected chi connectivity index (χ4v) is 2.64.